The lowest BCUT2D eigenvalue weighted by molar-refractivity contribution is -0.135. The number of carbonyl (C=O) groups is 1. The van der Waals surface area contributed by atoms with Crippen molar-refractivity contribution in [2.75, 3.05) is 13.1 Å². The van der Waals surface area contributed by atoms with E-state index < -0.39 is 0 Å². The van der Waals surface area contributed by atoms with Crippen LogP contribution in [0, 0.1) is 0 Å². The maximum absolute atomic E-state index is 12.9. The SMILES string of the molecule is CC1CN(C(=O)C2(c3ccccc3)CC2)CC(C)N1.Cl. The van der Waals surface area contributed by atoms with E-state index in [4.69, 9.17) is 0 Å². The number of amides is 1. The van der Waals surface area contributed by atoms with Gasteiger partial charge in [0, 0.05) is 25.2 Å². The number of nitrogens with zero attached hydrogens (tertiary/aromatic N) is 1. The van der Waals surface area contributed by atoms with Crippen molar-refractivity contribution in [1.82, 2.24) is 10.2 Å². The van der Waals surface area contributed by atoms with Crippen LogP contribution < -0.4 is 5.32 Å². The van der Waals surface area contributed by atoms with E-state index in [1.165, 1.54) is 5.56 Å². The summed E-state index contributed by atoms with van der Waals surface area (Å²) in [5, 5.41) is 3.48. The van der Waals surface area contributed by atoms with Crippen LogP contribution >= 0.6 is 12.4 Å². The van der Waals surface area contributed by atoms with E-state index in [2.05, 4.69) is 36.2 Å². The number of benzene rings is 1. The predicted octanol–water partition coefficient (Wildman–Crippen LogP) is 2.35. The van der Waals surface area contributed by atoms with Gasteiger partial charge in [-0.15, -0.1) is 12.4 Å². The lowest BCUT2D eigenvalue weighted by atomic mass is 9.93. The van der Waals surface area contributed by atoms with Crippen molar-refractivity contribution in [3.8, 4) is 0 Å². The molecule has 4 heteroatoms. The quantitative estimate of drug-likeness (QED) is 0.908. The average molecular weight is 295 g/mol. The zero-order chi connectivity index (χ0) is 13.5. The molecule has 0 aromatic heterocycles. The topological polar surface area (TPSA) is 32.3 Å². The molecule has 1 heterocycles. The molecule has 1 aliphatic heterocycles. The summed E-state index contributed by atoms with van der Waals surface area (Å²) < 4.78 is 0. The Morgan fingerprint density at radius 1 is 1.15 bits per heavy atom. The fourth-order valence-electron chi connectivity index (χ4n) is 3.30. The molecule has 1 amide bonds. The number of halogens is 1. The molecule has 0 spiro atoms. The molecule has 3 nitrogen and oxygen atoms in total. The number of carbonyl (C=O) groups excluding carboxylic acids is 1. The van der Waals surface area contributed by atoms with Crippen molar-refractivity contribution in [3.63, 3.8) is 0 Å². The molecule has 3 rings (SSSR count). The highest BCUT2D eigenvalue weighted by Gasteiger charge is 2.53. The van der Waals surface area contributed by atoms with Crippen LogP contribution in [0.1, 0.15) is 32.3 Å². The van der Waals surface area contributed by atoms with Gasteiger partial charge in [0.1, 0.15) is 0 Å². The Hall–Kier alpha value is -1.06. The van der Waals surface area contributed by atoms with Gasteiger partial charge < -0.3 is 10.2 Å². The minimum atomic E-state index is -0.210. The van der Waals surface area contributed by atoms with Crippen LogP contribution in [0.15, 0.2) is 30.3 Å². The Balaban J connectivity index is 0.00000147. The number of hydrogen-bond acceptors (Lipinski definition) is 2. The summed E-state index contributed by atoms with van der Waals surface area (Å²) in [5.74, 6) is 0.332. The minimum absolute atomic E-state index is 0. The summed E-state index contributed by atoms with van der Waals surface area (Å²) in [6.07, 6.45) is 2.01. The van der Waals surface area contributed by atoms with Crippen molar-refractivity contribution in [1.29, 1.82) is 0 Å². The van der Waals surface area contributed by atoms with Crippen molar-refractivity contribution in [3.05, 3.63) is 35.9 Å². The molecule has 1 N–H and O–H groups in total. The summed E-state index contributed by atoms with van der Waals surface area (Å²) >= 11 is 0. The van der Waals surface area contributed by atoms with Gasteiger partial charge in [0.2, 0.25) is 5.91 Å². The zero-order valence-corrected chi connectivity index (χ0v) is 13.0. The van der Waals surface area contributed by atoms with Crippen molar-refractivity contribution in [2.24, 2.45) is 0 Å². The molecule has 1 saturated heterocycles. The van der Waals surface area contributed by atoms with E-state index in [-0.39, 0.29) is 17.8 Å². The lowest BCUT2D eigenvalue weighted by Crippen LogP contribution is -2.57. The van der Waals surface area contributed by atoms with Gasteiger partial charge in [-0.2, -0.15) is 0 Å². The van der Waals surface area contributed by atoms with E-state index in [1.807, 2.05) is 18.2 Å². The third kappa shape index (κ3) is 2.70. The number of nitrogens with one attached hydrogen (secondary N) is 1. The second-order valence-corrected chi connectivity index (χ2v) is 6.13. The number of rotatable bonds is 2. The van der Waals surface area contributed by atoms with E-state index in [0.717, 1.165) is 25.9 Å². The normalized spacial score (nSPS) is 27.6. The van der Waals surface area contributed by atoms with E-state index in [1.54, 1.807) is 0 Å². The largest absolute Gasteiger partial charge is 0.339 e. The third-order valence-electron chi connectivity index (χ3n) is 4.33. The first kappa shape index (κ1) is 15.3. The first-order valence-corrected chi connectivity index (χ1v) is 7.23. The molecule has 2 atom stereocenters. The monoisotopic (exact) mass is 294 g/mol. The van der Waals surface area contributed by atoms with Gasteiger partial charge in [0.05, 0.1) is 5.41 Å². The molecule has 110 valence electrons. The molecule has 2 aliphatic rings. The van der Waals surface area contributed by atoms with Gasteiger partial charge in [0.25, 0.3) is 0 Å². The summed E-state index contributed by atoms with van der Waals surface area (Å²) in [6.45, 7) is 5.96. The van der Waals surface area contributed by atoms with E-state index >= 15 is 0 Å². The average Bonchev–Trinajstić information content (AvgIpc) is 3.19. The van der Waals surface area contributed by atoms with Crippen molar-refractivity contribution < 1.29 is 4.79 Å². The molecule has 20 heavy (non-hydrogen) atoms. The van der Waals surface area contributed by atoms with Crippen LogP contribution in [-0.2, 0) is 10.2 Å². The summed E-state index contributed by atoms with van der Waals surface area (Å²) in [4.78, 5) is 14.9. The van der Waals surface area contributed by atoms with Gasteiger partial charge in [-0.3, -0.25) is 4.79 Å². The minimum Gasteiger partial charge on any atom is -0.339 e. The maximum Gasteiger partial charge on any atom is 0.233 e. The fraction of sp³-hybridized carbons (Fsp3) is 0.562. The van der Waals surface area contributed by atoms with Gasteiger partial charge in [-0.25, -0.2) is 0 Å². The maximum atomic E-state index is 12.9. The summed E-state index contributed by atoms with van der Waals surface area (Å²) in [5.41, 5.74) is 0.983. The van der Waals surface area contributed by atoms with E-state index in [0.29, 0.717) is 18.0 Å². The Kier molecular flexibility index (Phi) is 4.40. The highest BCUT2D eigenvalue weighted by atomic mass is 35.5. The molecule has 2 fully saturated rings. The second-order valence-electron chi connectivity index (χ2n) is 6.13. The van der Waals surface area contributed by atoms with Crippen LogP contribution in [0.3, 0.4) is 0 Å². The van der Waals surface area contributed by atoms with E-state index in [9.17, 15) is 4.79 Å². The molecular formula is C16H23ClN2O. The van der Waals surface area contributed by atoms with Crippen LogP contribution in [-0.4, -0.2) is 36.0 Å². The molecule has 1 aromatic rings. The first-order valence-electron chi connectivity index (χ1n) is 7.23. The second kappa shape index (κ2) is 5.74. The number of piperazine rings is 1. The Morgan fingerprint density at radius 3 is 2.20 bits per heavy atom. The molecule has 0 radical (unpaired) electrons. The molecule has 2 unspecified atom stereocenters. The molecule has 0 bridgehead atoms. The lowest BCUT2D eigenvalue weighted by Gasteiger charge is -2.38. The summed E-state index contributed by atoms with van der Waals surface area (Å²) in [6, 6.07) is 11.1. The van der Waals surface area contributed by atoms with Crippen molar-refractivity contribution in [2.45, 2.75) is 44.2 Å². The summed E-state index contributed by atoms with van der Waals surface area (Å²) in [7, 11) is 0. The van der Waals surface area contributed by atoms with Gasteiger partial charge in [-0.1, -0.05) is 30.3 Å². The first-order chi connectivity index (χ1) is 9.12. The van der Waals surface area contributed by atoms with Crippen molar-refractivity contribution >= 4 is 18.3 Å². The molecule has 1 saturated carbocycles. The van der Waals surface area contributed by atoms with Crippen LogP contribution in [0.5, 0.6) is 0 Å². The zero-order valence-electron chi connectivity index (χ0n) is 12.1. The Bertz CT molecular complexity index is 463. The Morgan fingerprint density at radius 2 is 1.70 bits per heavy atom. The molecular weight excluding hydrogens is 272 g/mol. The smallest absolute Gasteiger partial charge is 0.233 e. The van der Waals surface area contributed by atoms with Gasteiger partial charge >= 0.3 is 0 Å². The Labute approximate surface area is 127 Å². The van der Waals surface area contributed by atoms with Gasteiger partial charge in [-0.05, 0) is 32.3 Å². The molecule has 1 aromatic carbocycles. The predicted molar refractivity (Wildman–Crippen MR) is 83.2 cm³/mol. The van der Waals surface area contributed by atoms with Crippen LogP contribution in [0.4, 0.5) is 0 Å². The van der Waals surface area contributed by atoms with Gasteiger partial charge in [0.15, 0.2) is 0 Å². The standard InChI is InChI=1S/C16H22N2O.ClH/c1-12-10-18(11-13(2)17-12)15(19)16(8-9-16)14-6-4-3-5-7-14;/h3-7,12-13,17H,8-11H2,1-2H3;1H. The highest BCUT2D eigenvalue weighted by molar-refractivity contribution is 5.91. The van der Waals surface area contributed by atoms with Crippen LogP contribution in [0.25, 0.3) is 0 Å². The fourth-order valence-corrected chi connectivity index (χ4v) is 3.30. The molecule has 1 aliphatic carbocycles. The third-order valence-corrected chi connectivity index (χ3v) is 4.33. The van der Waals surface area contributed by atoms with Crippen LogP contribution in [0.2, 0.25) is 0 Å². The highest BCUT2D eigenvalue weighted by Crippen LogP contribution is 2.49. The number of hydrogen-bond donors (Lipinski definition) is 1.